The molecule has 0 fully saturated rings. The smallest absolute Gasteiger partial charge is 0.118 e. The summed E-state index contributed by atoms with van der Waals surface area (Å²) in [4.78, 5) is 4.51. The molecule has 0 N–H and O–H groups in total. The van der Waals surface area contributed by atoms with Gasteiger partial charge in [0.05, 0.1) is 19.0 Å². The number of benzene rings is 1. The first-order chi connectivity index (χ1) is 8.38. The minimum atomic E-state index is 0. The van der Waals surface area contributed by atoms with Crippen LogP contribution in [-0.2, 0) is 13.0 Å². The van der Waals surface area contributed by atoms with E-state index in [9.17, 15) is 0 Å². The molecule has 0 saturated heterocycles. The molecule has 0 spiro atoms. The van der Waals surface area contributed by atoms with Crippen molar-refractivity contribution >= 4 is 0 Å². The standard InChI is InChI=1S/C14H16N2O.ClH/c1-17-12-7-5-11(6-8-12)13-10-15-14-4-2-3-9-16(13)14;/h5-8,10H,2-4,9H2,1H3;1H/p-1. The molecule has 0 bridgehead atoms. The maximum Gasteiger partial charge on any atom is 0.118 e. The van der Waals surface area contributed by atoms with Crippen LogP contribution in [0.25, 0.3) is 11.3 Å². The van der Waals surface area contributed by atoms with Crippen LogP contribution in [0.2, 0.25) is 0 Å². The van der Waals surface area contributed by atoms with Crippen LogP contribution in [-0.4, -0.2) is 16.7 Å². The summed E-state index contributed by atoms with van der Waals surface area (Å²) >= 11 is 0. The molecule has 3 nitrogen and oxygen atoms in total. The number of fused-ring (bicyclic) bond motifs is 1. The van der Waals surface area contributed by atoms with Crippen molar-refractivity contribution in [3.63, 3.8) is 0 Å². The van der Waals surface area contributed by atoms with Crippen molar-refractivity contribution in [2.24, 2.45) is 0 Å². The molecule has 2 heterocycles. The Morgan fingerprint density at radius 3 is 2.67 bits per heavy atom. The largest absolute Gasteiger partial charge is 1.00 e. The number of hydrogen-bond donors (Lipinski definition) is 0. The lowest BCUT2D eigenvalue weighted by Gasteiger charge is -2.16. The third-order valence-corrected chi connectivity index (χ3v) is 3.36. The highest BCUT2D eigenvalue weighted by Crippen LogP contribution is 2.26. The summed E-state index contributed by atoms with van der Waals surface area (Å²) < 4.78 is 7.52. The van der Waals surface area contributed by atoms with Gasteiger partial charge in [-0.15, -0.1) is 0 Å². The fraction of sp³-hybridized carbons (Fsp3) is 0.357. The second-order valence-electron chi connectivity index (χ2n) is 4.40. The molecule has 1 aliphatic heterocycles. The van der Waals surface area contributed by atoms with E-state index in [-0.39, 0.29) is 12.4 Å². The second kappa shape index (κ2) is 5.44. The molecule has 1 aromatic carbocycles. The second-order valence-corrected chi connectivity index (χ2v) is 4.40. The zero-order chi connectivity index (χ0) is 11.7. The van der Waals surface area contributed by atoms with E-state index in [0.717, 1.165) is 18.7 Å². The summed E-state index contributed by atoms with van der Waals surface area (Å²) in [6.07, 6.45) is 5.62. The molecule has 4 heteroatoms. The van der Waals surface area contributed by atoms with Crippen LogP contribution in [0.1, 0.15) is 18.7 Å². The molecule has 0 saturated carbocycles. The van der Waals surface area contributed by atoms with Crippen LogP contribution >= 0.6 is 0 Å². The van der Waals surface area contributed by atoms with Crippen molar-refractivity contribution in [1.29, 1.82) is 0 Å². The number of nitrogens with zero attached hydrogens (tertiary/aromatic N) is 2. The minimum absolute atomic E-state index is 0. The van der Waals surface area contributed by atoms with Gasteiger partial charge in [0.1, 0.15) is 11.6 Å². The first-order valence-corrected chi connectivity index (χ1v) is 6.07. The van der Waals surface area contributed by atoms with Crippen LogP contribution in [0, 0.1) is 0 Å². The van der Waals surface area contributed by atoms with Crippen molar-refractivity contribution < 1.29 is 17.1 Å². The fourth-order valence-electron chi connectivity index (χ4n) is 2.41. The lowest BCUT2D eigenvalue weighted by molar-refractivity contribution is -0.00000385. The van der Waals surface area contributed by atoms with Gasteiger partial charge in [-0.3, -0.25) is 0 Å². The summed E-state index contributed by atoms with van der Waals surface area (Å²) in [5.41, 5.74) is 2.44. The Labute approximate surface area is 113 Å². The lowest BCUT2D eigenvalue weighted by Crippen LogP contribution is -3.00. The number of aromatic nitrogens is 2. The number of halogens is 1. The van der Waals surface area contributed by atoms with E-state index in [1.165, 1.54) is 29.9 Å². The first-order valence-electron chi connectivity index (χ1n) is 6.07. The van der Waals surface area contributed by atoms with E-state index in [4.69, 9.17) is 4.74 Å². The predicted octanol–water partition coefficient (Wildman–Crippen LogP) is -0.101. The van der Waals surface area contributed by atoms with Gasteiger partial charge < -0.3 is 21.7 Å². The van der Waals surface area contributed by atoms with Crippen molar-refractivity contribution in [3.05, 3.63) is 36.3 Å². The molecule has 1 aliphatic rings. The summed E-state index contributed by atoms with van der Waals surface area (Å²) in [5.74, 6) is 2.12. The highest BCUT2D eigenvalue weighted by molar-refractivity contribution is 5.60. The lowest BCUT2D eigenvalue weighted by atomic mass is 10.1. The van der Waals surface area contributed by atoms with Crippen molar-refractivity contribution in [2.75, 3.05) is 7.11 Å². The van der Waals surface area contributed by atoms with Gasteiger partial charge in [-0.25, -0.2) is 4.98 Å². The molecule has 0 unspecified atom stereocenters. The Morgan fingerprint density at radius 2 is 1.94 bits per heavy atom. The SMILES string of the molecule is COc1ccc(-c2cnc3n2CCCC3)cc1.[Cl-]. The fourth-order valence-corrected chi connectivity index (χ4v) is 2.41. The van der Waals surface area contributed by atoms with Crippen LogP contribution in [0.4, 0.5) is 0 Å². The van der Waals surface area contributed by atoms with Gasteiger partial charge in [0.2, 0.25) is 0 Å². The normalized spacial score (nSPS) is 13.6. The number of aryl methyl sites for hydroxylation is 1. The van der Waals surface area contributed by atoms with E-state index in [2.05, 4.69) is 21.7 Å². The predicted molar refractivity (Wildman–Crippen MR) is 67.2 cm³/mol. The zero-order valence-electron chi connectivity index (χ0n) is 10.4. The molecular weight excluding hydrogens is 248 g/mol. The van der Waals surface area contributed by atoms with Crippen LogP contribution < -0.4 is 17.1 Å². The molecule has 2 aromatic rings. The Balaban J connectivity index is 0.00000120. The molecule has 0 atom stereocenters. The van der Waals surface area contributed by atoms with E-state index in [1.807, 2.05) is 18.3 Å². The summed E-state index contributed by atoms with van der Waals surface area (Å²) in [6, 6.07) is 8.19. The first kappa shape index (κ1) is 13.0. The molecule has 96 valence electrons. The van der Waals surface area contributed by atoms with Crippen LogP contribution in [0.5, 0.6) is 5.75 Å². The summed E-state index contributed by atoms with van der Waals surface area (Å²) in [7, 11) is 1.69. The molecular formula is C14H16ClN2O-. The number of hydrogen-bond acceptors (Lipinski definition) is 2. The van der Waals surface area contributed by atoms with Gasteiger partial charge >= 0.3 is 0 Å². The molecule has 0 aliphatic carbocycles. The molecule has 0 amide bonds. The van der Waals surface area contributed by atoms with Crippen molar-refractivity contribution in [3.8, 4) is 17.0 Å². The van der Waals surface area contributed by atoms with Gasteiger partial charge in [0.15, 0.2) is 0 Å². The quantitative estimate of drug-likeness (QED) is 0.757. The van der Waals surface area contributed by atoms with Gasteiger partial charge in [-0.2, -0.15) is 0 Å². The van der Waals surface area contributed by atoms with Crippen LogP contribution in [0.3, 0.4) is 0 Å². The highest BCUT2D eigenvalue weighted by Gasteiger charge is 2.14. The van der Waals surface area contributed by atoms with Crippen molar-refractivity contribution in [1.82, 2.24) is 9.55 Å². The number of methoxy groups -OCH3 is 1. The average molecular weight is 264 g/mol. The minimum Gasteiger partial charge on any atom is -1.00 e. The van der Waals surface area contributed by atoms with E-state index < -0.39 is 0 Å². The van der Waals surface area contributed by atoms with Gasteiger partial charge in [0, 0.05) is 18.5 Å². The Kier molecular flexibility index (Phi) is 3.92. The third-order valence-electron chi connectivity index (χ3n) is 3.36. The molecule has 1 aromatic heterocycles. The van der Waals surface area contributed by atoms with Gasteiger partial charge in [-0.05, 0) is 37.1 Å². The van der Waals surface area contributed by atoms with E-state index in [1.54, 1.807) is 7.11 Å². The average Bonchev–Trinajstić information content (AvgIpc) is 2.83. The third kappa shape index (κ3) is 2.23. The van der Waals surface area contributed by atoms with E-state index >= 15 is 0 Å². The topological polar surface area (TPSA) is 27.1 Å². The number of rotatable bonds is 2. The van der Waals surface area contributed by atoms with Gasteiger partial charge in [-0.1, -0.05) is 0 Å². The molecule has 18 heavy (non-hydrogen) atoms. The monoisotopic (exact) mass is 263 g/mol. The Morgan fingerprint density at radius 1 is 1.17 bits per heavy atom. The number of imidazole rings is 1. The maximum absolute atomic E-state index is 5.18. The summed E-state index contributed by atoms with van der Waals surface area (Å²) in [6.45, 7) is 1.09. The molecule has 0 radical (unpaired) electrons. The maximum atomic E-state index is 5.18. The highest BCUT2D eigenvalue weighted by atomic mass is 35.5. The van der Waals surface area contributed by atoms with Crippen LogP contribution in [0.15, 0.2) is 30.5 Å². The Bertz CT molecular complexity index is 519. The Hall–Kier alpha value is -1.48. The van der Waals surface area contributed by atoms with Gasteiger partial charge in [0.25, 0.3) is 0 Å². The number of ether oxygens (including phenoxy) is 1. The molecule has 3 rings (SSSR count). The summed E-state index contributed by atoms with van der Waals surface area (Å²) in [5, 5.41) is 0. The zero-order valence-corrected chi connectivity index (χ0v) is 11.2. The van der Waals surface area contributed by atoms with E-state index in [0.29, 0.717) is 0 Å². The van der Waals surface area contributed by atoms with Crippen molar-refractivity contribution in [2.45, 2.75) is 25.8 Å².